The Morgan fingerprint density at radius 1 is 1.05 bits per heavy atom. The third-order valence-corrected chi connectivity index (χ3v) is 3.00. The van der Waals surface area contributed by atoms with Crippen LogP contribution in [0.5, 0.6) is 11.5 Å². The fourth-order valence-corrected chi connectivity index (χ4v) is 1.20. The molecule has 4 heteroatoms. The molecule has 1 rings (SSSR count). The highest BCUT2D eigenvalue weighted by Gasteiger charge is 2.28. The largest absolute Gasteiger partial charge is 0.423 e. The van der Waals surface area contributed by atoms with Gasteiger partial charge in [-0.15, -0.1) is 0 Å². The van der Waals surface area contributed by atoms with Crippen molar-refractivity contribution >= 4 is 11.9 Å². The van der Waals surface area contributed by atoms with Gasteiger partial charge in [-0.25, -0.2) is 0 Å². The second-order valence-corrected chi connectivity index (χ2v) is 4.90. The molecule has 0 amide bonds. The summed E-state index contributed by atoms with van der Waals surface area (Å²) < 4.78 is 10.5. The van der Waals surface area contributed by atoms with E-state index in [4.69, 9.17) is 9.47 Å². The van der Waals surface area contributed by atoms with Gasteiger partial charge in [0.1, 0.15) is 0 Å². The minimum absolute atomic E-state index is 0.267. The van der Waals surface area contributed by atoms with Crippen molar-refractivity contribution in [2.45, 2.75) is 40.5 Å². The van der Waals surface area contributed by atoms with Crippen LogP contribution >= 0.6 is 0 Å². The molecule has 0 aliphatic heterocycles. The Kier molecular flexibility index (Phi) is 5.10. The van der Waals surface area contributed by atoms with Gasteiger partial charge in [-0.05, 0) is 32.4 Å². The van der Waals surface area contributed by atoms with E-state index in [1.54, 1.807) is 31.2 Å². The van der Waals surface area contributed by atoms with Gasteiger partial charge in [0, 0.05) is 6.42 Å². The first-order chi connectivity index (χ1) is 8.90. The third-order valence-electron chi connectivity index (χ3n) is 3.00. The van der Waals surface area contributed by atoms with Crippen LogP contribution in [0.3, 0.4) is 0 Å². The van der Waals surface area contributed by atoms with E-state index in [9.17, 15) is 9.59 Å². The van der Waals surface area contributed by atoms with E-state index < -0.39 is 5.41 Å². The molecule has 0 N–H and O–H groups in total. The molecule has 0 fully saturated rings. The van der Waals surface area contributed by atoms with E-state index in [-0.39, 0.29) is 29.9 Å². The maximum Gasteiger partial charge on any atom is 0.317 e. The Bertz CT molecular complexity index is 463. The van der Waals surface area contributed by atoms with Gasteiger partial charge in [0.2, 0.25) is 0 Å². The lowest BCUT2D eigenvalue weighted by Crippen LogP contribution is -2.28. The highest BCUT2D eigenvalue weighted by atomic mass is 16.6. The van der Waals surface area contributed by atoms with Crippen LogP contribution in [0.4, 0.5) is 0 Å². The van der Waals surface area contributed by atoms with E-state index in [2.05, 4.69) is 0 Å². The molecule has 0 unspecified atom stereocenters. The second-order valence-electron chi connectivity index (χ2n) is 4.90. The highest BCUT2D eigenvalue weighted by Crippen LogP contribution is 2.30. The highest BCUT2D eigenvalue weighted by molar-refractivity contribution is 5.79. The molecule has 1 aromatic carbocycles. The SMILES string of the molecule is CCC(=O)Oc1ccccc1OC(=O)C(C)(C)CC. The van der Waals surface area contributed by atoms with Crippen LogP contribution in [0.15, 0.2) is 24.3 Å². The van der Waals surface area contributed by atoms with Gasteiger partial charge in [0.25, 0.3) is 0 Å². The molecule has 1 aromatic rings. The predicted molar refractivity (Wildman–Crippen MR) is 72.1 cm³/mol. The van der Waals surface area contributed by atoms with Crippen LogP contribution in [-0.2, 0) is 9.59 Å². The number of ether oxygens (including phenoxy) is 2. The van der Waals surface area contributed by atoms with Crippen molar-refractivity contribution < 1.29 is 19.1 Å². The Morgan fingerprint density at radius 3 is 2.05 bits per heavy atom. The van der Waals surface area contributed by atoms with E-state index in [0.29, 0.717) is 6.42 Å². The molecule has 4 nitrogen and oxygen atoms in total. The normalized spacial score (nSPS) is 10.9. The number of benzene rings is 1. The van der Waals surface area contributed by atoms with Crippen LogP contribution in [0.25, 0.3) is 0 Å². The van der Waals surface area contributed by atoms with Crippen molar-refractivity contribution in [3.8, 4) is 11.5 Å². The monoisotopic (exact) mass is 264 g/mol. The molecule has 0 bridgehead atoms. The smallest absolute Gasteiger partial charge is 0.317 e. The van der Waals surface area contributed by atoms with E-state index >= 15 is 0 Å². The van der Waals surface area contributed by atoms with Gasteiger partial charge in [-0.1, -0.05) is 26.0 Å². The summed E-state index contributed by atoms with van der Waals surface area (Å²) in [7, 11) is 0. The summed E-state index contributed by atoms with van der Waals surface area (Å²) in [5.41, 5.74) is -0.568. The first-order valence-corrected chi connectivity index (χ1v) is 6.42. The van der Waals surface area contributed by atoms with Gasteiger partial charge >= 0.3 is 11.9 Å². The first kappa shape index (κ1) is 15.2. The fourth-order valence-electron chi connectivity index (χ4n) is 1.20. The lowest BCUT2D eigenvalue weighted by molar-refractivity contribution is -0.144. The minimum atomic E-state index is -0.568. The molecule has 19 heavy (non-hydrogen) atoms. The average molecular weight is 264 g/mol. The molecule has 104 valence electrons. The predicted octanol–water partition coefficient (Wildman–Crippen LogP) is 3.34. The molecule has 0 aliphatic rings. The van der Waals surface area contributed by atoms with Crippen molar-refractivity contribution in [3.05, 3.63) is 24.3 Å². The molecule has 0 atom stereocenters. The lowest BCUT2D eigenvalue weighted by Gasteiger charge is -2.20. The Hall–Kier alpha value is -1.84. The van der Waals surface area contributed by atoms with Crippen molar-refractivity contribution in [2.75, 3.05) is 0 Å². The number of esters is 2. The quantitative estimate of drug-likeness (QED) is 0.604. The average Bonchev–Trinajstić information content (AvgIpc) is 2.40. The molecule has 0 spiro atoms. The molecule has 0 aromatic heterocycles. The standard InChI is InChI=1S/C15H20O4/c1-5-13(16)18-11-9-7-8-10-12(11)19-14(17)15(3,4)6-2/h7-10H,5-6H2,1-4H3. The van der Waals surface area contributed by atoms with Gasteiger partial charge < -0.3 is 9.47 Å². The topological polar surface area (TPSA) is 52.6 Å². The van der Waals surface area contributed by atoms with E-state index in [1.165, 1.54) is 0 Å². The molecule has 0 heterocycles. The van der Waals surface area contributed by atoms with Crippen molar-refractivity contribution in [1.82, 2.24) is 0 Å². The van der Waals surface area contributed by atoms with Crippen LogP contribution in [0.2, 0.25) is 0 Å². The summed E-state index contributed by atoms with van der Waals surface area (Å²) in [4.78, 5) is 23.3. The molecular formula is C15H20O4. The third kappa shape index (κ3) is 4.09. The molecular weight excluding hydrogens is 244 g/mol. The van der Waals surface area contributed by atoms with Crippen LogP contribution < -0.4 is 9.47 Å². The first-order valence-electron chi connectivity index (χ1n) is 6.42. The lowest BCUT2D eigenvalue weighted by atomic mass is 9.91. The molecule has 0 radical (unpaired) electrons. The number of carbonyl (C=O) groups excluding carboxylic acids is 2. The summed E-state index contributed by atoms with van der Waals surface area (Å²) in [6, 6.07) is 6.67. The summed E-state index contributed by atoms with van der Waals surface area (Å²) in [5, 5.41) is 0. The number of rotatable bonds is 5. The Labute approximate surface area is 113 Å². The van der Waals surface area contributed by atoms with Crippen molar-refractivity contribution in [3.63, 3.8) is 0 Å². The fraction of sp³-hybridized carbons (Fsp3) is 0.467. The summed E-state index contributed by atoms with van der Waals surface area (Å²) in [5.74, 6) is -0.154. The number of carbonyl (C=O) groups is 2. The van der Waals surface area contributed by atoms with Crippen LogP contribution in [0, 0.1) is 5.41 Å². The zero-order valence-electron chi connectivity index (χ0n) is 11.9. The maximum atomic E-state index is 12.0. The van der Waals surface area contributed by atoms with E-state index in [1.807, 2.05) is 20.8 Å². The molecule has 0 saturated carbocycles. The Balaban J connectivity index is 2.89. The van der Waals surface area contributed by atoms with Gasteiger partial charge in [-0.2, -0.15) is 0 Å². The molecule has 0 saturated heterocycles. The Morgan fingerprint density at radius 2 is 1.58 bits per heavy atom. The van der Waals surface area contributed by atoms with Crippen LogP contribution in [-0.4, -0.2) is 11.9 Å². The number of para-hydroxylation sites is 2. The minimum Gasteiger partial charge on any atom is -0.423 e. The van der Waals surface area contributed by atoms with Crippen molar-refractivity contribution in [1.29, 1.82) is 0 Å². The van der Waals surface area contributed by atoms with Crippen LogP contribution in [0.1, 0.15) is 40.5 Å². The van der Waals surface area contributed by atoms with Gasteiger partial charge in [0.05, 0.1) is 5.41 Å². The van der Waals surface area contributed by atoms with E-state index in [0.717, 1.165) is 0 Å². The van der Waals surface area contributed by atoms with Gasteiger partial charge in [0.15, 0.2) is 11.5 Å². The van der Waals surface area contributed by atoms with Gasteiger partial charge in [-0.3, -0.25) is 9.59 Å². The number of hydrogen-bond donors (Lipinski definition) is 0. The maximum absolute atomic E-state index is 12.0. The second kappa shape index (κ2) is 6.36. The summed E-state index contributed by atoms with van der Waals surface area (Å²) in [6.45, 7) is 7.26. The summed E-state index contributed by atoms with van der Waals surface area (Å²) >= 11 is 0. The number of hydrogen-bond acceptors (Lipinski definition) is 4. The summed E-state index contributed by atoms with van der Waals surface area (Å²) in [6.07, 6.45) is 0.936. The zero-order valence-corrected chi connectivity index (χ0v) is 11.9. The molecule has 0 aliphatic carbocycles. The van der Waals surface area contributed by atoms with Crippen molar-refractivity contribution in [2.24, 2.45) is 5.41 Å². The zero-order chi connectivity index (χ0) is 14.5.